The van der Waals surface area contributed by atoms with Gasteiger partial charge in [0.25, 0.3) is 0 Å². The average Bonchev–Trinajstić information content (AvgIpc) is 2.63. The fraction of sp³-hybridized carbons (Fsp3) is 1.00. The van der Waals surface area contributed by atoms with Crippen molar-refractivity contribution in [1.29, 1.82) is 0 Å². The molecular weight excluding hydrogens is 260 g/mol. The maximum atomic E-state index is 10.2. The third-order valence-corrected chi connectivity index (χ3v) is 6.12. The Morgan fingerprint density at radius 3 is 2.65 bits per heavy atom. The first-order valence-electron chi connectivity index (χ1n) is 7.84. The van der Waals surface area contributed by atoms with Gasteiger partial charge in [0.2, 0.25) is 5.79 Å². The largest absolute Gasteiger partial charge is 0.368 e. The Balaban J connectivity index is 1.82. The van der Waals surface area contributed by atoms with Crippen LogP contribution in [0.2, 0.25) is 0 Å². The predicted octanol–water partition coefficient (Wildman–Crippen LogP) is 2.19. The highest BCUT2D eigenvalue weighted by Gasteiger charge is 2.69. The molecule has 5 nitrogen and oxygen atoms in total. The zero-order chi connectivity index (χ0) is 14.1. The lowest BCUT2D eigenvalue weighted by Gasteiger charge is -2.59. The van der Waals surface area contributed by atoms with E-state index in [2.05, 4.69) is 6.92 Å². The number of hydrogen-bond acceptors (Lipinski definition) is 5. The summed E-state index contributed by atoms with van der Waals surface area (Å²) < 4.78 is 11.9. The Kier molecular flexibility index (Phi) is 2.81. The van der Waals surface area contributed by atoms with Crippen molar-refractivity contribution in [2.45, 2.75) is 70.4 Å². The van der Waals surface area contributed by atoms with Crippen LogP contribution in [-0.4, -0.2) is 29.1 Å². The zero-order valence-electron chi connectivity index (χ0n) is 12.4. The smallest absolute Gasteiger partial charge is 0.201 e. The monoisotopic (exact) mass is 284 g/mol. The highest BCUT2D eigenvalue weighted by atomic mass is 17.3. The Morgan fingerprint density at radius 2 is 1.85 bits per heavy atom. The second-order valence-corrected chi connectivity index (χ2v) is 7.30. The molecule has 4 aliphatic heterocycles. The third-order valence-electron chi connectivity index (χ3n) is 6.12. The molecule has 4 heterocycles. The SMILES string of the molecule is CC1C(O)O[C@H]2O[C@@]3(C)CC[C@H]4C(C)CC[C@H]1[C@]24OO3. The molecule has 20 heavy (non-hydrogen) atoms. The average molecular weight is 284 g/mol. The van der Waals surface area contributed by atoms with Gasteiger partial charge in [-0.15, -0.1) is 0 Å². The van der Waals surface area contributed by atoms with Crippen LogP contribution in [0.4, 0.5) is 0 Å². The topological polar surface area (TPSA) is 57.2 Å². The Labute approximate surface area is 119 Å². The summed E-state index contributed by atoms with van der Waals surface area (Å²) in [6, 6.07) is 0. The Morgan fingerprint density at radius 1 is 1.05 bits per heavy atom. The highest BCUT2D eigenvalue weighted by Crippen LogP contribution is 2.60. The fourth-order valence-electron chi connectivity index (χ4n) is 4.89. The minimum atomic E-state index is -0.781. The lowest BCUT2D eigenvalue weighted by molar-refractivity contribution is -0.576. The molecule has 1 N–H and O–H groups in total. The van der Waals surface area contributed by atoms with Gasteiger partial charge in [0.15, 0.2) is 18.2 Å². The van der Waals surface area contributed by atoms with Crippen molar-refractivity contribution in [2.75, 3.05) is 0 Å². The van der Waals surface area contributed by atoms with Gasteiger partial charge in [-0.25, -0.2) is 9.78 Å². The van der Waals surface area contributed by atoms with Crippen molar-refractivity contribution >= 4 is 0 Å². The van der Waals surface area contributed by atoms with Crippen LogP contribution < -0.4 is 0 Å². The van der Waals surface area contributed by atoms with Crippen molar-refractivity contribution < 1.29 is 24.4 Å². The van der Waals surface area contributed by atoms with E-state index in [1.54, 1.807) is 0 Å². The van der Waals surface area contributed by atoms with E-state index in [9.17, 15) is 5.11 Å². The quantitative estimate of drug-likeness (QED) is 0.691. The lowest BCUT2D eigenvalue weighted by atomic mass is 9.58. The molecule has 4 saturated heterocycles. The van der Waals surface area contributed by atoms with Crippen LogP contribution in [0.15, 0.2) is 0 Å². The number of hydrogen-bond donors (Lipinski definition) is 1. The Bertz CT molecular complexity index is 411. The molecule has 0 amide bonds. The van der Waals surface area contributed by atoms with E-state index in [0.29, 0.717) is 11.8 Å². The molecule has 8 atom stereocenters. The molecule has 114 valence electrons. The van der Waals surface area contributed by atoms with Crippen molar-refractivity contribution in [1.82, 2.24) is 0 Å². The molecule has 1 spiro atoms. The van der Waals surface area contributed by atoms with Crippen LogP contribution in [0.1, 0.15) is 46.5 Å². The van der Waals surface area contributed by atoms with Gasteiger partial charge in [-0.2, -0.15) is 0 Å². The molecule has 0 aromatic heterocycles. The third kappa shape index (κ3) is 1.56. The summed E-state index contributed by atoms with van der Waals surface area (Å²) in [6.45, 7) is 6.22. The number of rotatable bonds is 0. The summed E-state index contributed by atoms with van der Waals surface area (Å²) in [5, 5.41) is 10.2. The normalized spacial score (nSPS) is 61.8. The van der Waals surface area contributed by atoms with E-state index in [-0.39, 0.29) is 11.8 Å². The summed E-state index contributed by atoms with van der Waals surface area (Å²) in [5.41, 5.74) is -0.549. The van der Waals surface area contributed by atoms with Crippen LogP contribution in [0, 0.1) is 23.7 Å². The fourth-order valence-corrected chi connectivity index (χ4v) is 4.89. The summed E-state index contributed by atoms with van der Waals surface area (Å²) in [7, 11) is 0. The minimum absolute atomic E-state index is 0.0379. The number of fused-ring (bicyclic) bond motifs is 2. The molecule has 1 aliphatic carbocycles. The summed E-state index contributed by atoms with van der Waals surface area (Å²) in [4.78, 5) is 11.6. The van der Waals surface area contributed by atoms with Crippen molar-refractivity contribution in [3.8, 4) is 0 Å². The molecule has 5 heteroatoms. The standard InChI is InChI=1S/C15H24O5/c1-8-4-5-11-9(2)12(16)17-13-15(11)10(8)6-7-14(3,18-13)19-20-15/h8-13,16H,4-7H2,1-3H3/t8?,9?,10-,11+,12?,13-,14+,15-/m0/s1. The van der Waals surface area contributed by atoms with Crippen LogP contribution in [0.3, 0.4) is 0 Å². The molecule has 5 fully saturated rings. The van der Waals surface area contributed by atoms with Gasteiger partial charge in [0, 0.05) is 18.3 Å². The number of ether oxygens (including phenoxy) is 2. The van der Waals surface area contributed by atoms with Crippen molar-refractivity contribution in [3.05, 3.63) is 0 Å². The predicted molar refractivity (Wildman–Crippen MR) is 69.0 cm³/mol. The second-order valence-electron chi connectivity index (χ2n) is 7.30. The van der Waals surface area contributed by atoms with Gasteiger partial charge in [0.1, 0.15) is 0 Å². The molecular formula is C15H24O5. The van der Waals surface area contributed by atoms with Gasteiger partial charge < -0.3 is 14.6 Å². The second kappa shape index (κ2) is 4.17. The molecule has 2 bridgehead atoms. The first kappa shape index (κ1) is 13.5. The van der Waals surface area contributed by atoms with E-state index in [1.165, 1.54) is 6.42 Å². The van der Waals surface area contributed by atoms with E-state index in [0.717, 1.165) is 19.3 Å². The first-order valence-corrected chi connectivity index (χ1v) is 7.84. The molecule has 0 aromatic carbocycles. The van der Waals surface area contributed by atoms with E-state index >= 15 is 0 Å². The van der Waals surface area contributed by atoms with Crippen LogP contribution >= 0.6 is 0 Å². The van der Waals surface area contributed by atoms with Gasteiger partial charge >= 0.3 is 0 Å². The van der Waals surface area contributed by atoms with Gasteiger partial charge in [-0.3, -0.25) is 0 Å². The van der Waals surface area contributed by atoms with E-state index in [4.69, 9.17) is 19.2 Å². The maximum Gasteiger partial charge on any atom is 0.201 e. The molecule has 3 unspecified atom stereocenters. The van der Waals surface area contributed by atoms with Gasteiger partial charge in [-0.1, -0.05) is 13.8 Å². The van der Waals surface area contributed by atoms with Crippen LogP contribution in [-0.2, 0) is 19.2 Å². The van der Waals surface area contributed by atoms with Crippen LogP contribution in [0.25, 0.3) is 0 Å². The molecule has 0 radical (unpaired) electrons. The van der Waals surface area contributed by atoms with Crippen LogP contribution in [0.5, 0.6) is 0 Å². The lowest BCUT2D eigenvalue weighted by Crippen LogP contribution is -2.70. The summed E-state index contributed by atoms with van der Waals surface area (Å²) in [6.07, 6.45) is 2.72. The molecule has 5 aliphatic rings. The number of aliphatic hydroxyl groups is 1. The minimum Gasteiger partial charge on any atom is -0.368 e. The molecule has 5 rings (SSSR count). The summed E-state index contributed by atoms with van der Waals surface area (Å²) in [5.74, 6) is 0.437. The van der Waals surface area contributed by atoms with Gasteiger partial charge in [-0.05, 0) is 38.0 Å². The molecule has 0 aromatic rings. The molecule has 1 saturated carbocycles. The zero-order valence-corrected chi connectivity index (χ0v) is 12.4. The van der Waals surface area contributed by atoms with Crippen molar-refractivity contribution in [3.63, 3.8) is 0 Å². The van der Waals surface area contributed by atoms with Crippen molar-refractivity contribution in [2.24, 2.45) is 23.7 Å². The maximum absolute atomic E-state index is 10.2. The Hall–Kier alpha value is -0.200. The first-order chi connectivity index (χ1) is 9.46. The summed E-state index contributed by atoms with van der Waals surface area (Å²) >= 11 is 0. The van der Waals surface area contributed by atoms with E-state index in [1.807, 2.05) is 13.8 Å². The van der Waals surface area contributed by atoms with Gasteiger partial charge in [0.05, 0.1) is 0 Å². The highest BCUT2D eigenvalue weighted by molar-refractivity contribution is 5.08. The van der Waals surface area contributed by atoms with E-state index < -0.39 is 24.0 Å². The number of aliphatic hydroxyl groups excluding tert-OH is 1.